The van der Waals surface area contributed by atoms with E-state index in [4.69, 9.17) is 4.74 Å². The molecule has 0 radical (unpaired) electrons. The number of nitrogens with one attached hydrogen (secondary N) is 2. The molecular weight excluding hydrogens is 232 g/mol. The molecule has 1 aliphatic rings. The first kappa shape index (κ1) is 12.4. The number of hydrogen-bond acceptors (Lipinski definition) is 3. The molecule has 2 rings (SSSR count). The van der Waals surface area contributed by atoms with Crippen LogP contribution < -0.4 is 15.4 Å². The summed E-state index contributed by atoms with van der Waals surface area (Å²) in [6.45, 7) is -0.0752. The molecule has 0 atom stereocenters. The van der Waals surface area contributed by atoms with Gasteiger partial charge in [0.1, 0.15) is 5.75 Å². The fraction of sp³-hybridized carbons (Fsp3) is 0.385. The molecule has 18 heavy (non-hydrogen) atoms. The zero-order chi connectivity index (χ0) is 12.8. The molecule has 1 saturated carbocycles. The van der Waals surface area contributed by atoms with Gasteiger partial charge in [-0.1, -0.05) is 18.2 Å². The third-order valence-corrected chi connectivity index (χ3v) is 2.50. The lowest BCUT2D eigenvalue weighted by atomic mass is 10.3. The van der Waals surface area contributed by atoms with Crippen molar-refractivity contribution in [1.29, 1.82) is 0 Å². The van der Waals surface area contributed by atoms with Gasteiger partial charge >= 0.3 is 0 Å². The van der Waals surface area contributed by atoms with Crippen molar-refractivity contribution >= 4 is 11.8 Å². The van der Waals surface area contributed by atoms with Crippen LogP contribution in [0.4, 0.5) is 0 Å². The first-order chi connectivity index (χ1) is 8.74. The van der Waals surface area contributed by atoms with Gasteiger partial charge in [0.25, 0.3) is 5.91 Å². The van der Waals surface area contributed by atoms with E-state index >= 15 is 0 Å². The fourth-order valence-corrected chi connectivity index (χ4v) is 1.40. The Labute approximate surface area is 106 Å². The van der Waals surface area contributed by atoms with Crippen LogP contribution in [-0.4, -0.2) is 31.0 Å². The minimum atomic E-state index is -0.301. The average Bonchev–Trinajstić information content (AvgIpc) is 3.19. The van der Waals surface area contributed by atoms with Crippen molar-refractivity contribution in [3.05, 3.63) is 30.3 Å². The molecule has 2 N–H and O–H groups in total. The second kappa shape index (κ2) is 6.05. The minimum absolute atomic E-state index is 0.00742. The highest BCUT2D eigenvalue weighted by Crippen LogP contribution is 2.18. The SMILES string of the molecule is O=C(COc1ccccc1)NCC(=O)NC1CC1. The largest absolute Gasteiger partial charge is 0.484 e. The Morgan fingerprint density at radius 2 is 1.89 bits per heavy atom. The molecule has 0 heterocycles. The minimum Gasteiger partial charge on any atom is -0.484 e. The summed E-state index contributed by atoms with van der Waals surface area (Å²) < 4.78 is 5.25. The van der Waals surface area contributed by atoms with E-state index in [9.17, 15) is 9.59 Å². The van der Waals surface area contributed by atoms with Crippen molar-refractivity contribution in [3.8, 4) is 5.75 Å². The third kappa shape index (κ3) is 4.45. The topological polar surface area (TPSA) is 67.4 Å². The first-order valence-corrected chi connectivity index (χ1v) is 5.98. The number of benzene rings is 1. The summed E-state index contributed by atoms with van der Waals surface area (Å²) >= 11 is 0. The van der Waals surface area contributed by atoms with Crippen LogP contribution in [0.5, 0.6) is 5.75 Å². The van der Waals surface area contributed by atoms with E-state index in [-0.39, 0.29) is 25.0 Å². The van der Waals surface area contributed by atoms with E-state index in [0.717, 1.165) is 12.8 Å². The molecule has 0 saturated heterocycles. The number of para-hydroxylation sites is 1. The van der Waals surface area contributed by atoms with Crippen molar-refractivity contribution in [2.24, 2.45) is 0 Å². The van der Waals surface area contributed by atoms with Gasteiger partial charge in [-0.15, -0.1) is 0 Å². The van der Waals surface area contributed by atoms with Crippen LogP contribution in [0.1, 0.15) is 12.8 Å². The molecule has 2 amide bonds. The lowest BCUT2D eigenvalue weighted by Gasteiger charge is -2.07. The van der Waals surface area contributed by atoms with Crippen LogP contribution >= 0.6 is 0 Å². The summed E-state index contributed by atoms with van der Waals surface area (Å²) in [7, 11) is 0. The molecule has 96 valence electrons. The number of rotatable bonds is 6. The third-order valence-electron chi connectivity index (χ3n) is 2.50. The van der Waals surface area contributed by atoms with E-state index in [1.165, 1.54) is 0 Å². The number of carbonyl (C=O) groups excluding carboxylic acids is 2. The van der Waals surface area contributed by atoms with Gasteiger partial charge in [0.2, 0.25) is 5.91 Å². The second-order valence-corrected chi connectivity index (χ2v) is 4.22. The Bertz CT molecular complexity index is 416. The number of hydrogen-bond donors (Lipinski definition) is 2. The van der Waals surface area contributed by atoms with Gasteiger partial charge in [-0.2, -0.15) is 0 Å². The highest BCUT2D eigenvalue weighted by Gasteiger charge is 2.23. The van der Waals surface area contributed by atoms with Crippen molar-refractivity contribution < 1.29 is 14.3 Å². The maximum atomic E-state index is 11.4. The van der Waals surface area contributed by atoms with E-state index in [1.54, 1.807) is 12.1 Å². The lowest BCUT2D eigenvalue weighted by Crippen LogP contribution is -2.39. The Balaban J connectivity index is 1.61. The van der Waals surface area contributed by atoms with Crippen LogP contribution in [0.25, 0.3) is 0 Å². The highest BCUT2D eigenvalue weighted by molar-refractivity contribution is 5.85. The zero-order valence-corrected chi connectivity index (χ0v) is 10.0. The summed E-state index contributed by atoms with van der Waals surface area (Å²) in [5.74, 6) is 0.186. The molecule has 0 aliphatic heterocycles. The van der Waals surface area contributed by atoms with Crippen LogP contribution in [0.15, 0.2) is 30.3 Å². The molecule has 1 aromatic carbocycles. The molecular formula is C13H16N2O3. The number of amides is 2. The van der Waals surface area contributed by atoms with Gasteiger partial charge in [0.15, 0.2) is 6.61 Å². The monoisotopic (exact) mass is 248 g/mol. The zero-order valence-electron chi connectivity index (χ0n) is 10.0. The Morgan fingerprint density at radius 3 is 2.56 bits per heavy atom. The Kier molecular flexibility index (Phi) is 4.17. The molecule has 0 aromatic heterocycles. The molecule has 0 unspecified atom stereocenters. The normalized spacial score (nSPS) is 13.8. The van der Waals surface area contributed by atoms with Crippen molar-refractivity contribution in [2.75, 3.05) is 13.2 Å². The van der Waals surface area contributed by atoms with Crippen molar-refractivity contribution in [1.82, 2.24) is 10.6 Å². The van der Waals surface area contributed by atoms with E-state index in [1.807, 2.05) is 18.2 Å². The van der Waals surface area contributed by atoms with Crippen LogP contribution in [0.2, 0.25) is 0 Å². The van der Waals surface area contributed by atoms with Gasteiger partial charge in [-0.05, 0) is 25.0 Å². The summed E-state index contributed by atoms with van der Waals surface area (Å²) in [6, 6.07) is 9.39. The maximum Gasteiger partial charge on any atom is 0.258 e. The standard InChI is InChI=1S/C13H16N2O3/c16-12(15-10-6-7-10)8-14-13(17)9-18-11-4-2-1-3-5-11/h1-5,10H,6-9H2,(H,14,17)(H,15,16). The van der Waals surface area contributed by atoms with E-state index < -0.39 is 0 Å². The predicted octanol–water partition coefficient (Wildman–Crippen LogP) is 0.460. The van der Waals surface area contributed by atoms with Gasteiger partial charge in [-0.25, -0.2) is 0 Å². The second-order valence-electron chi connectivity index (χ2n) is 4.22. The highest BCUT2D eigenvalue weighted by atomic mass is 16.5. The quantitative estimate of drug-likeness (QED) is 0.768. The molecule has 0 bridgehead atoms. The van der Waals surface area contributed by atoms with Crippen molar-refractivity contribution in [3.63, 3.8) is 0 Å². The molecule has 1 aliphatic carbocycles. The predicted molar refractivity (Wildman–Crippen MR) is 66.1 cm³/mol. The molecule has 0 spiro atoms. The molecule has 1 fully saturated rings. The van der Waals surface area contributed by atoms with Crippen molar-refractivity contribution in [2.45, 2.75) is 18.9 Å². The van der Waals surface area contributed by atoms with E-state index in [0.29, 0.717) is 11.8 Å². The number of ether oxygens (including phenoxy) is 1. The Hall–Kier alpha value is -2.04. The van der Waals surface area contributed by atoms with Gasteiger partial charge in [0.05, 0.1) is 6.54 Å². The molecule has 1 aromatic rings. The molecule has 5 nitrogen and oxygen atoms in total. The van der Waals surface area contributed by atoms with Crippen LogP contribution in [0, 0.1) is 0 Å². The summed E-state index contributed by atoms with van der Waals surface area (Å²) in [6.07, 6.45) is 2.08. The smallest absolute Gasteiger partial charge is 0.258 e. The molecule has 5 heteroatoms. The van der Waals surface area contributed by atoms with Gasteiger partial charge < -0.3 is 15.4 Å². The van der Waals surface area contributed by atoms with E-state index in [2.05, 4.69) is 10.6 Å². The Morgan fingerprint density at radius 1 is 1.17 bits per heavy atom. The van der Waals surface area contributed by atoms with Crippen LogP contribution in [-0.2, 0) is 9.59 Å². The van der Waals surface area contributed by atoms with Crippen LogP contribution in [0.3, 0.4) is 0 Å². The fourth-order valence-electron chi connectivity index (χ4n) is 1.40. The lowest BCUT2D eigenvalue weighted by molar-refractivity contribution is -0.127. The number of carbonyl (C=O) groups is 2. The van der Waals surface area contributed by atoms with Gasteiger partial charge in [0, 0.05) is 6.04 Å². The summed E-state index contributed by atoms with van der Waals surface area (Å²) in [5, 5.41) is 5.30. The summed E-state index contributed by atoms with van der Waals surface area (Å²) in [4.78, 5) is 22.7. The maximum absolute atomic E-state index is 11.4. The summed E-state index contributed by atoms with van der Waals surface area (Å²) in [5.41, 5.74) is 0. The van der Waals surface area contributed by atoms with Gasteiger partial charge in [-0.3, -0.25) is 9.59 Å². The first-order valence-electron chi connectivity index (χ1n) is 5.98. The average molecular weight is 248 g/mol.